The number of aromatic nitrogens is 4. The van der Waals surface area contributed by atoms with Gasteiger partial charge >= 0.3 is 0 Å². The number of rotatable bonds is 5. The second-order valence-electron chi connectivity index (χ2n) is 8.32. The molecule has 3 aliphatic rings. The number of hydrogen-bond donors (Lipinski definition) is 2. The van der Waals surface area contributed by atoms with Crippen LogP contribution in [0, 0.1) is 0 Å². The molecule has 2 fully saturated rings. The maximum atomic E-state index is 4.69. The van der Waals surface area contributed by atoms with Crippen LogP contribution in [0.25, 0.3) is 26.0 Å². The van der Waals surface area contributed by atoms with E-state index >= 15 is 0 Å². The molecule has 0 unspecified atom stereocenters. The molecule has 1 saturated carbocycles. The Balaban J connectivity index is 1.16. The molecular weight excluding hydrogens is 412 g/mol. The van der Waals surface area contributed by atoms with Crippen molar-refractivity contribution in [3.05, 3.63) is 35.6 Å². The summed E-state index contributed by atoms with van der Waals surface area (Å²) in [6.45, 7) is 1.10. The van der Waals surface area contributed by atoms with Crippen LogP contribution in [0.15, 0.2) is 29.8 Å². The van der Waals surface area contributed by atoms with Crippen LogP contribution in [-0.2, 0) is 0 Å². The molecule has 154 valence electrons. The average molecular weight is 437 g/mol. The fourth-order valence-corrected chi connectivity index (χ4v) is 6.53. The summed E-state index contributed by atoms with van der Waals surface area (Å²) in [4.78, 5) is 24.5. The van der Waals surface area contributed by atoms with E-state index in [0.29, 0.717) is 12.0 Å². The lowest BCUT2D eigenvalue weighted by atomic mass is 10.0. The minimum atomic E-state index is 0.450. The van der Waals surface area contributed by atoms with E-state index in [1.54, 1.807) is 22.7 Å². The highest BCUT2D eigenvalue weighted by Crippen LogP contribution is 2.38. The topological polar surface area (TPSA) is 78.8 Å². The molecule has 2 aliphatic heterocycles. The largest absolute Gasteiger partial charge is 0.340 e. The van der Waals surface area contributed by atoms with Crippen LogP contribution in [0.5, 0.6) is 0 Å². The number of allylic oxidation sites excluding steroid dienone is 1. The van der Waals surface area contributed by atoms with Crippen molar-refractivity contribution in [2.75, 3.05) is 6.54 Å². The Hall–Kier alpha value is -2.16. The van der Waals surface area contributed by atoms with Gasteiger partial charge in [0.1, 0.15) is 15.8 Å². The van der Waals surface area contributed by atoms with Crippen molar-refractivity contribution in [2.45, 2.75) is 56.9 Å². The van der Waals surface area contributed by atoms with Crippen molar-refractivity contribution in [1.82, 2.24) is 25.3 Å². The molecular formula is C22H24N6S2. The molecule has 8 heteroatoms. The molecule has 1 atom stereocenters. The minimum absolute atomic E-state index is 0.450. The predicted octanol–water partition coefficient (Wildman–Crippen LogP) is 5.25. The van der Waals surface area contributed by atoms with Gasteiger partial charge < -0.3 is 10.3 Å². The average Bonchev–Trinajstić information content (AvgIpc) is 3.62. The molecule has 0 amide bonds. The van der Waals surface area contributed by atoms with Gasteiger partial charge in [-0.05, 0) is 32.2 Å². The summed E-state index contributed by atoms with van der Waals surface area (Å²) in [6.07, 6.45) is 16.4. The molecule has 0 aromatic carbocycles. The first-order chi connectivity index (χ1) is 14.8. The molecule has 1 saturated heterocycles. The number of hydrogen-bond acceptors (Lipinski definition) is 7. The number of nitrogens with zero attached hydrogens (tertiary/aromatic N) is 4. The maximum Gasteiger partial charge on any atom is 0.141 e. The number of thiazole rings is 2. The fourth-order valence-electron chi connectivity index (χ4n) is 4.66. The third kappa shape index (κ3) is 3.46. The Labute approximate surface area is 183 Å². The number of imidazole rings is 1. The Kier molecular flexibility index (Phi) is 4.85. The zero-order valence-corrected chi connectivity index (χ0v) is 18.4. The van der Waals surface area contributed by atoms with Crippen LogP contribution in [0.3, 0.4) is 0 Å². The first kappa shape index (κ1) is 18.6. The summed E-state index contributed by atoms with van der Waals surface area (Å²) >= 11 is 3.44. The van der Waals surface area contributed by atoms with Crippen LogP contribution in [-0.4, -0.2) is 38.2 Å². The molecule has 3 aromatic heterocycles. The molecule has 0 spiro atoms. The predicted molar refractivity (Wildman–Crippen MR) is 123 cm³/mol. The minimum Gasteiger partial charge on any atom is -0.340 e. The zero-order chi connectivity index (χ0) is 19.9. The van der Waals surface area contributed by atoms with Crippen molar-refractivity contribution in [1.29, 1.82) is 0 Å². The van der Waals surface area contributed by atoms with Crippen molar-refractivity contribution >= 4 is 34.0 Å². The van der Waals surface area contributed by atoms with E-state index in [2.05, 4.69) is 30.2 Å². The van der Waals surface area contributed by atoms with Gasteiger partial charge in [-0.2, -0.15) is 0 Å². The molecule has 30 heavy (non-hydrogen) atoms. The lowest BCUT2D eigenvalue weighted by molar-refractivity contribution is 0.679. The van der Waals surface area contributed by atoms with Crippen molar-refractivity contribution in [3.8, 4) is 20.5 Å². The number of H-pyrrole nitrogens is 1. The third-order valence-corrected chi connectivity index (χ3v) is 8.62. The summed E-state index contributed by atoms with van der Waals surface area (Å²) in [7, 11) is 0. The third-order valence-electron chi connectivity index (χ3n) is 6.32. The number of aliphatic imine (C=N–C) groups is 1. The quantitative estimate of drug-likeness (QED) is 0.572. The fraction of sp³-hybridized carbons (Fsp3) is 0.455. The molecule has 6 nitrogen and oxygen atoms in total. The van der Waals surface area contributed by atoms with E-state index in [0.717, 1.165) is 44.3 Å². The molecule has 3 aromatic rings. The number of aromatic amines is 1. The normalized spacial score (nSPS) is 22.1. The second-order valence-corrected chi connectivity index (χ2v) is 10.4. The first-order valence-electron chi connectivity index (χ1n) is 10.8. The molecule has 2 N–H and O–H groups in total. The van der Waals surface area contributed by atoms with Gasteiger partial charge in [0.05, 0.1) is 21.6 Å². The van der Waals surface area contributed by atoms with Crippen LogP contribution >= 0.6 is 22.7 Å². The SMILES string of the molecule is C1=C(c2ncc(-c3cnc(-c4cnc(C5CCCC5)[nH]4)s3)s2)CC([C@@H]2CCCN2)=N1. The van der Waals surface area contributed by atoms with Crippen LogP contribution in [0.1, 0.15) is 61.7 Å². The monoisotopic (exact) mass is 436 g/mol. The van der Waals surface area contributed by atoms with E-state index in [1.165, 1.54) is 49.8 Å². The van der Waals surface area contributed by atoms with E-state index < -0.39 is 0 Å². The summed E-state index contributed by atoms with van der Waals surface area (Å²) in [6, 6.07) is 0.450. The Bertz CT molecular complexity index is 1110. The Morgan fingerprint density at radius 1 is 0.867 bits per heavy atom. The highest BCUT2D eigenvalue weighted by atomic mass is 32.1. The molecule has 1 aliphatic carbocycles. The van der Waals surface area contributed by atoms with Gasteiger partial charge in [0.2, 0.25) is 0 Å². The Morgan fingerprint density at radius 2 is 1.67 bits per heavy atom. The Morgan fingerprint density at radius 3 is 2.47 bits per heavy atom. The van der Waals surface area contributed by atoms with E-state index in [-0.39, 0.29) is 0 Å². The number of nitrogens with one attached hydrogen (secondary N) is 2. The van der Waals surface area contributed by atoms with Crippen molar-refractivity contribution in [2.24, 2.45) is 4.99 Å². The van der Waals surface area contributed by atoms with E-state index in [4.69, 9.17) is 0 Å². The van der Waals surface area contributed by atoms with Crippen LogP contribution in [0.4, 0.5) is 0 Å². The maximum absolute atomic E-state index is 4.69. The van der Waals surface area contributed by atoms with Crippen LogP contribution in [0.2, 0.25) is 0 Å². The summed E-state index contributed by atoms with van der Waals surface area (Å²) < 4.78 is 0. The van der Waals surface area contributed by atoms with Gasteiger partial charge in [-0.25, -0.2) is 15.0 Å². The lowest BCUT2D eigenvalue weighted by Gasteiger charge is -2.09. The molecule has 6 rings (SSSR count). The van der Waals surface area contributed by atoms with Crippen molar-refractivity contribution in [3.63, 3.8) is 0 Å². The first-order valence-corrected chi connectivity index (χ1v) is 12.4. The summed E-state index contributed by atoms with van der Waals surface area (Å²) in [5.74, 6) is 1.72. The highest BCUT2D eigenvalue weighted by Gasteiger charge is 2.25. The van der Waals surface area contributed by atoms with Gasteiger partial charge in [-0.1, -0.05) is 12.8 Å². The van der Waals surface area contributed by atoms with E-state index in [9.17, 15) is 0 Å². The van der Waals surface area contributed by atoms with E-state index in [1.807, 2.05) is 24.8 Å². The second kappa shape index (κ2) is 7.83. The van der Waals surface area contributed by atoms with Gasteiger partial charge in [-0.15, -0.1) is 22.7 Å². The van der Waals surface area contributed by atoms with Gasteiger partial charge in [0.25, 0.3) is 0 Å². The lowest BCUT2D eigenvalue weighted by Crippen LogP contribution is -2.29. The summed E-state index contributed by atoms with van der Waals surface area (Å²) in [5.41, 5.74) is 3.52. The van der Waals surface area contributed by atoms with Gasteiger partial charge in [-0.3, -0.25) is 4.99 Å². The molecule has 0 radical (unpaired) electrons. The van der Waals surface area contributed by atoms with Gasteiger partial charge in [0.15, 0.2) is 0 Å². The zero-order valence-electron chi connectivity index (χ0n) is 16.7. The molecule has 5 heterocycles. The standard InChI is InChI=1S/C22H24N6S2/c1-2-5-13(4-1)20-25-10-17(28-20)22-27-12-19(30-22)18-11-26-21(29-18)14-8-16(24-9-14)15-6-3-7-23-15/h9-13,15,23H,1-8H2,(H,25,28)/t15-/m0/s1. The molecule has 0 bridgehead atoms. The smallest absolute Gasteiger partial charge is 0.141 e. The van der Waals surface area contributed by atoms with Crippen LogP contribution < -0.4 is 5.32 Å². The summed E-state index contributed by atoms with van der Waals surface area (Å²) in [5, 5.41) is 5.61. The van der Waals surface area contributed by atoms with Crippen molar-refractivity contribution < 1.29 is 0 Å². The highest BCUT2D eigenvalue weighted by molar-refractivity contribution is 7.23. The van der Waals surface area contributed by atoms with Gasteiger partial charge in [0, 0.05) is 48.3 Å².